The van der Waals surface area contributed by atoms with Crippen molar-refractivity contribution in [2.45, 2.75) is 19.3 Å². The van der Waals surface area contributed by atoms with Crippen molar-refractivity contribution < 1.29 is 5.21 Å². The minimum Gasteiger partial charge on any atom is -0.425 e. The van der Waals surface area contributed by atoms with E-state index in [4.69, 9.17) is 10.6 Å². The molecule has 2 N–H and O–H groups in total. The monoisotopic (exact) mass is 194 g/mol. The molecule has 5 nitrogen and oxygen atoms in total. The Morgan fingerprint density at radius 1 is 1.29 bits per heavy atom. The van der Waals surface area contributed by atoms with Gasteiger partial charge in [0.25, 0.3) is 5.62 Å². The van der Waals surface area contributed by atoms with Gasteiger partial charge in [0.15, 0.2) is 0 Å². The van der Waals surface area contributed by atoms with Gasteiger partial charge in [-0.05, 0) is 19.3 Å². The SMILES string of the molecule is N=c1nc(N2CCCCC2)ccn1O. The summed E-state index contributed by atoms with van der Waals surface area (Å²) < 4.78 is 0.716. The molecule has 0 aliphatic carbocycles. The highest BCUT2D eigenvalue weighted by Crippen LogP contribution is 2.15. The number of nitrogens with one attached hydrogen (secondary N) is 1. The maximum absolute atomic E-state index is 9.09. The van der Waals surface area contributed by atoms with Gasteiger partial charge in [-0.15, -0.1) is 0 Å². The predicted molar refractivity (Wildman–Crippen MR) is 51.3 cm³/mol. The molecular formula is C9H14N4O. The first-order chi connectivity index (χ1) is 6.77. The summed E-state index contributed by atoms with van der Waals surface area (Å²) >= 11 is 0. The second-order valence-electron chi connectivity index (χ2n) is 3.50. The van der Waals surface area contributed by atoms with Gasteiger partial charge in [-0.1, -0.05) is 0 Å². The van der Waals surface area contributed by atoms with Crippen LogP contribution in [-0.2, 0) is 0 Å². The summed E-state index contributed by atoms with van der Waals surface area (Å²) in [7, 11) is 0. The zero-order chi connectivity index (χ0) is 9.97. The summed E-state index contributed by atoms with van der Waals surface area (Å²) in [4.78, 5) is 6.16. The van der Waals surface area contributed by atoms with Crippen molar-refractivity contribution in [1.29, 1.82) is 5.41 Å². The fourth-order valence-corrected chi connectivity index (χ4v) is 1.70. The summed E-state index contributed by atoms with van der Waals surface area (Å²) in [6, 6.07) is 1.74. The summed E-state index contributed by atoms with van der Waals surface area (Å²) in [6.07, 6.45) is 5.10. The number of piperidine rings is 1. The standard InChI is InChI=1S/C9H14N4O/c10-9-11-8(4-7-13(9)14)12-5-2-1-3-6-12/h4,7,10,14H,1-3,5-6H2. The lowest BCUT2D eigenvalue weighted by Gasteiger charge is -2.27. The molecular weight excluding hydrogens is 180 g/mol. The highest BCUT2D eigenvalue weighted by molar-refractivity contribution is 5.36. The lowest BCUT2D eigenvalue weighted by molar-refractivity contribution is 0.165. The topological polar surface area (TPSA) is 65.1 Å². The fraction of sp³-hybridized carbons (Fsp3) is 0.556. The van der Waals surface area contributed by atoms with Crippen LogP contribution in [0.5, 0.6) is 0 Å². The summed E-state index contributed by atoms with van der Waals surface area (Å²) in [5.41, 5.74) is -0.118. The lowest BCUT2D eigenvalue weighted by Crippen LogP contribution is -2.33. The van der Waals surface area contributed by atoms with Gasteiger partial charge in [0.1, 0.15) is 5.82 Å². The molecule has 0 spiro atoms. The number of hydrogen-bond donors (Lipinski definition) is 2. The molecule has 0 saturated carbocycles. The quantitative estimate of drug-likeness (QED) is 0.643. The van der Waals surface area contributed by atoms with Crippen molar-refractivity contribution in [3.8, 4) is 0 Å². The first-order valence-electron chi connectivity index (χ1n) is 4.86. The molecule has 5 heteroatoms. The Morgan fingerprint density at radius 3 is 2.64 bits per heavy atom. The third-order valence-electron chi connectivity index (χ3n) is 2.48. The van der Waals surface area contributed by atoms with Crippen LogP contribution in [0.3, 0.4) is 0 Å². The maximum atomic E-state index is 9.09. The van der Waals surface area contributed by atoms with Crippen molar-refractivity contribution in [2.24, 2.45) is 0 Å². The van der Waals surface area contributed by atoms with Gasteiger partial charge in [-0.2, -0.15) is 9.71 Å². The molecule has 2 rings (SSSR count). The van der Waals surface area contributed by atoms with Crippen molar-refractivity contribution in [1.82, 2.24) is 9.71 Å². The third kappa shape index (κ3) is 1.71. The molecule has 0 radical (unpaired) electrons. The maximum Gasteiger partial charge on any atom is 0.257 e. The van der Waals surface area contributed by atoms with Crippen LogP contribution in [0.15, 0.2) is 12.3 Å². The molecule has 14 heavy (non-hydrogen) atoms. The first kappa shape index (κ1) is 9.05. The van der Waals surface area contributed by atoms with Crippen molar-refractivity contribution >= 4 is 5.82 Å². The largest absolute Gasteiger partial charge is 0.425 e. The van der Waals surface area contributed by atoms with Crippen LogP contribution < -0.4 is 10.5 Å². The number of hydrogen-bond acceptors (Lipinski definition) is 4. The van der Waals surface area contributed by atoms with Crippen LogP contribution in [0.25, 0.3) is 0 Å². The van der Waals surface area contributed by atoms with E-state index in [0.717, 1.165) is 18.9 Å². The van der Waals surface area contributed by atoms with Gasteiger partial charge in [-0.25, -0.2) is 0 Å². The zero-order valence-electron chi connectivity index (χ0n) is 7.98. The van der Waals surface area contributed by atoms with E-state index in [1.807, 2.05) is 0 Å². The summed E-state index contributed by atoms with van der Waals surface area (Å²) in [5.74, 6) is 0.792. The Hall–Kier alpha value is -1.52. The van der Waals surface area contributed by atoms with E-state index >= 15 is 0 Å². The van der Waals surface area contributed by atoms with Gasteiger partial charge in [0, 0.05) is 19.2 Å². The van der Waals surface area contributed by atoms with Gasteiger partial charge in [0.05, 0.1) is 6.20 Å². The smallest absolute Gasteiger partial charge is 0.257 e. The molecule has 1 aromatic rings. The van der Waals surface area contributed by atoms with E-state index in [9.17, 15) is 0 Å². The minimum absolute atomic E-state index is 0.118. The zero-order valence-corrected chi connectivity index (χ0v) is 7.98. The molecule has 1 aliphatic rings. The molecule has 0 aromatic carbocycles. The molecule has 2 heterocycles. The second kappa shape index (κ2) is 3.69. The Morgan fingerprint density at radius 2 is 2.00 bits per heavy atom. The van der Waals surface area contributed by atoms with Gasteiger partial charge in [-0.3, -0.25) is 5.41 Å². The van der Waals surface area contributed by atoms with Crippen LogP contribution in [0.4, 0.5) is 5.82 Å². The van der Waals surface area contributed by atoms with E-state index in [0.29, 0.717) is 4.73 Å². The number of aromatic nitrogens is 2. The molecule has 0 atom stereocenters. The van der Waals surface area contributed by atoms with E-state index in [1.165, 1.54) is 25.5 Å². The molecule has 0 unspecified atom stereocenters. The fourth-order valence-electron chi connectivity index (χ4n) is 1.70. The van der Waals surface area contributed by atoms with Crippen LogP contribution in [0.2, 0.25) is 0 Å². The number of nitrogens with zero attached hydrogens (tertiary/aromatic N) is 3. The third-order valence-corrected chi connectivity index (χ3v) is 2.48. The molecule has 0 bridgehead atoms. The van der Waals surface area contributed by atoms with E-state index in [1.54, 1.807) is 6.07 Å². The van der Waals surface area contributed by atoms with Crippen molar-refractivity contribution in [3.63, 3.8) is 0 Å². The van der Waals surface area contributed by atoms with Crippen LogP contribution >= 0.6 is 0 Å². The minimum atomic E-state index is -0.118. The predicted octanol–water partition coefficient (Wildman–Crippen LogP) is 0.590. The van der Waals surface area contributed by atoms with E-state index in [-0.39, 0.29) is 5.62 Å². The molecule has 0 amide bonds. The van der Waals surface area contributed by atoms with E-state index < -0.39 is 0 Å². The highest BCUT2D eigenvalue weighted by Gasteiger charge is 2.11. The summed E-state index contributed by atoms with van der Waals surface area (Å²) in [6.45, 7) is 2.00. The Kier molecular flexibility index (Phi) is 2.39. The molecule has 1 fully saturated rings. The highest BCUT2D eigenvalue weighted by atomic mass is 16.5. The molecule has 1 saturated heterocycles. The van der Waals surface area contributed by atoms with Gasteiger partial charge < -0.3 is 10.1 Å². The van der Waals surface area contributed by atoms with E-state index in [2.05, 4.69) is 9.88 Å². The average Bonchev–Trinajstić information content (AvgIpc) is 2.23. The Balaban J connectivity index is 2.23. The second-order valence-corrected chi connectivity index (χ2v) is 3.50. The van der Waals surface area contributed by atoms with Gasteiger partial charge >= 0.3 is 0 Å². The average molecular weight is 194 g/mol. The van der Waals surface area contributed by atoms with Crippen molar-refractivity contribution in [2.75, 3.05) is 18.0 Å². The normalized spacial score (nSPS) is 17.0. The molecule has 76 valence electrons. The van der Waals surface area contributed by atoms with Crippen LogP contribution in [-0.4, -0.2) is 28.0 Å². The first-order valence-corrected chi connectivity index (χ1v) is 4.86. The summed E-state index contributed by atoms with van der Waals surface area (Å²) in [5, 5.41) is 16.4. The van der Waals surface area contributed by atoms with Crippen LogP contribution in [0, 0.1) is 5.41 Å². The Labute approximate surface area is 82.1 Å². The number of rotatable bonds is 1. The van der Waals surface area contributed by atoms with Crippen molar-refractivity contribution in [3.05, 3.63) is 17.9 Å². The van der Waals surface area contributed by atoms with Crippen LogP contribution in [0.1, 0.15) is 19.3 Å². The molecule has 1 aliphatic heterocycles. The Bertz CT molecular complexity index is 367. The number of anilines is 1. The lowest BCUT2D eigenvalue weighted by atomic mass is 10.1. The van der Waals surface area contributed by atoms with Gasteiger partial charge in [0.2, 0.25) is 0 Å². The molecule has 1 aromatic heterocycles.